The van der Waals surface area contributed by atoms with Crippen LogP contribution in [-0.4, -0.2) is 48.3 Å². The third kappa shape index (κ3) is 5.98. The van der Waals surface area contributed by atoms with E-state index in [-0.39, 0.29) is 5.91 Å². The summed E-state index contributed by atoms with van der Waals surface area (Å²) in [6.45, 7) is 6.76. The van der Waals surface area contributed by atoms with Crippen LogP contribution in [0.15, 0.2) is 33.9 Å². The minimum atomic E-state index is -0.223. The van der Waals surface area contributed by atoms with Crippen LogP contribution in [0.5, 0.6) is 0 Å². The number of guanidine groups is 1. The molecule has 8 nitrogen and oxygen atoms in total. The molecule has 0 radical (unpaired) electrons. The normalized spacial score (nSPS) is 11.4. The summed E-state index contributed by atoms with van der Waals surface area (Å²) < 4.78 is 7.04. The first kappa shape index (κ1) is 18.6. The van der Waals surface area contributed by atoms with Gasteiger partial charge in [0.25, 0.3) is 5.91 Å². The topological polar surface area (TPSA) is 96.5 Å². The maximum absolute atomic E-state index is 11.7. The Morgan fingerprint density at radius 2 is 2.00 bits per heavy atom. The van der Waals surface area contributed by atoms with E-state index in [2.05, 4.69) is 39.0 Å². The number of hydrogen-bond acceptors (Lipinski definition) is 4. The van der Waals surface area contributed by atoms with E-state index in [1.54, 1.807) is 19.2 Å². The molecule has 8 heteroatoms. The molecule has 25 heavy (non-hydrogen) atoms. The zero-order valence-electron chi connectivity index (χ0n) is 15.0. The Hall–Kier alpha value is -2.77. The largest absolute Gasteiger partial charge is 0.459 e. The fourth-order valence-electron chi connectivity index (χ4n) is 2.41. The van der Waals surface area contributed by atoms with Gasteiger partial charge in [-0.3, -0.25) is 14.5 Å². The van der Waals surface area contributed by atoms with Gasteiger partial charge in [-0.05, 0) is 38.5 Å². The number of aromatic nitrogens is 2. The van der Waals surface area contributed by atoms with E-state index < -0.39 is 0 Å². The molecule has 2 aromatic heterocycles. The lowest BCUT2D eigenvalue weighted by atomic mass is 10.4. The molecule has 0 spiro atoms. The van der Waals surface area contributed by atoms with Gasteiger partial charge in [-0.15, -0.1) is 0 Å². The van der Waals surface area contributed by atoms with E-state index in [4.69, 9.17) is 4.42 Å². The summed E-state index contributed by atoms with van der Waals surface area (Å²) in [7, 11) is 1.72. The number of amides is 1. The van der Waals surface area contributed by atoms with Gasteiger partial charge in [0, 0.05) is 38.9 Å². The Kier molecular flexibility index (Phi) is 7.06. The van der Waals surface area contributed by atoms with Crippen LogP contribution >= 0.6 is 0 Å². The number of nitrogens with one attached hydrogen (secondary N) is 3. The molecule has 2 rings (SSSR count). The van der Waals surface area contributed by atoms with Crippen molar-refractivity contribution >= 4 is 11.9 Å². The summed E-state index contributed by atoms with van der Waals surface area (Å²) in [6.07, 6.45) is 2.42. The number of rotatable bonds is 8. The second-order valence-electron chi connectivity index (χ2n) is 5.66. The number of hydrogen-bond donors (Lipinski definition) is 3. The molecule has 0 unspecified atom stereocenters. The Balaban J connectivity index is 1.59. The lowest BCUT2D eigenvalue weighted by Crippen LogP contribution is -2.41. The number of nitrogens with zero attached hydrogens (tertiary/aromatic N) is 3. The maximum atomic E-state index is 11.7. The van der Waals surface area contributed by atoms with Crippen molar-refractivity contribution in [3.63, 3.8) is 0 Å². The Bertz CT molecular complexity index is 690. The van der Waals surface area contributed by atoms with Crippen LogP contribution in [0.25, 0.3) is 0 Å². The molecule has 0 atom stereocenters. The predicted molar refractivity (Wildman–Crippen MR) is 96.7 cm³/mol. The van der Waals surface area contributed by atoms with Crippen molar-refractivity contribution in [3.8, 4) is 0 Å². The molecule has 0 fully saturated rings. The van der Waals surface area contributed by atoms with Crippen molar-refractivity contribution in [2.75, 3.05) is 26.7 Å². The quantitative estimate of drug-likeness (QED) is 0.378. The number of aryl methyl sites for hydroxylation is 3. The molecule has 2 aromatic rings. The third-order valence-electron chi connectivity index (χ3n) is 3.61. The first-order valence-electron chi connectivity index (χ1n) is 8.37. The average Bonchev–Trinajstić information content (AvgIpc) is 3.23. The van der Waals surface area contributed by atoms with Gasteiger partial charge in [0.05, 0.1) is 12.0 Å². The molecular formula is C17H26N6O2. The highest BCUT2D eigenvalue weighted by atomic mass is 16.3. The van der Waals surface area contributed by atoms with Crippen LogP contribution in [0.4, 0.5) is 0 Å². The minimum absolute atomic E-state index is 0.223. The fourth-order valence-corrected chi connectivity index (χ4v) is 2.41. The maximum Gasteiger partial charge on any atom is 0.287 e. The Labute approximate surface area is 147 Å². The van der Waals surface area contributed by atoms with Crippen LogP contribution in [0.3, 0.4) is 0 Å². The van der Waals surface area contributed by atoms with Crippen LogP contribution in [-0.2, 0) is 6.54 Å². The van der Waals surface area contributed by atoms with E-state index >= 15 is 0 Å². The molecule has 3 N–H and O–H groups in total. The number of furan rings is 1. The van der Waals surface area contributed by atoms with E-state index in [0.29, 0.717) is 24.8 Å². The number of aliphatic imine (C=N–C) groups is 1. The zero-order valence-corrected chi connectivity index (χ0v) is 15.0. The van der Waals surface area contributed by atoms with Gasteiger partial charge in [-0.2, -0.15) is 5.10 Å². The summed E-state index contributed by atoms with van der Waals surface area (Å²) in [5.74, 6) is 0.798. The standard InChI is InChI=1S/C17H26N6O2/c1-13-12-14(2)23(22-13)10-5-7-20-17(18-3)21-9-8-19-16(24)15-6-4-11-25-15/h4,6,11-12H,5,7-10H2,1-3H3,(H,19,24)(H2,18,20,21). The molecule has 0 aliphatic heterocycles. The second kappa shape index (κ2) is 9.51. The Morgan fingerprint density at radius 3 is 2.64 bits per heavy atom. The molecule has 0 aromatic carbocycles. The molecule has 0 aliphatic carbocycles. The molecule has 1 amide bonds. The molecule has 0 aliphatic rings. The van der Waals surface area contributed by atoms with Gasteiger partial charge in [0.1, 0.15) is 0 Å². The van der Waals surface area contributed by atoms with Crippen LogP contribution in [0, 0.1) is 13.8 Å². The van der Waals surface area contributed by atoms with Gasteiger partial charge in [0.15, 0.2) is 11.7 Å². The summed E-state index contributed by atoms with van der Waals surface area (Å²) in [6, 6.07) is 5.39. The molecule has 0 saturated heterocycles. The van der Waals surface area contributed by atoms with E-state index in [1.807, 2.05) is 11.6 Å². The number of carbonyl (C=O) groups is 1. The second-order valence-corrected chi connectivity index (χ2v) is 5.66. The summed E-state index contributed by atoms with van der Waals surface area (Å²) in [5.41, 5.74) is 2.21. The van der Waals surface area contributed by atoms with Crippen molar-refractivity contribution in [2.45, 2.75) is 26.8 Å². The SMILES string of the molecule is CN=C(NCCCn1nc(C)cc1C)NCCNC(=O)c1ccco1. The average molecular weight is 346 g/mol. The minimum Gasteiger partial charge on any atom is -0.459 e. The fraction of sp³-hybridized carbons (Fsp3) is 0.471. The van der Waals surface area contributed by atoms with Crippen molar-refractivity contribution < 1.29 is 9.21 Å². The highest BCUT2D eigenvalue weighted by molar-refractivity contribution is 5.91. The van der Waals surface area contributed by atoms with Crippen LogP contribution in [0.1, 0.15) is 28.4 Å². The van der Waals surface area contributed by atoms with Gasteiger partial charge in [0.2, 0.25) is 0 Å². The first-order valence-corrected chi connectivity index (χ1v) is 8.37. The molecule has 136 valence electrons. The monoisotopic (exact) mass is 346 g/mol. The van der Waals surface area contributed by atoms with Crippen LogP contribution in [0.2, 0.25) is 0 Å². The predicted octanol–water partition coefficient (Wildman–Crippen LogP) is 1.08. The summed E-state index contributed by atoms with van der Waals surface area (Å²) in [4.78, 5) is 15.9. The summed E-state index contributed by atoms with van der Waals surface area (Å²) >= 11 is 0. The van der Waals surface area contributed by atoms with Gasteiger partial charge in [-0.25, -0.2) is 0 Å². The summed E-state index contributed by atoms with van der Waals surface area (Å²) in [5, 5.41) is 13.6. The first-order chi connectivity index (χ1) is 12.1. The van der Waals surface area contributed by atoms with Crippen molar-refractivity contribution in [1.82, 2.24) is 25.7 Å². The van der Waals surface area contributed by atoms with E-state index in [9.17, 15) is 4.79 Å². The Morgan fingerprint density at radius 1 is 1.24 bits per heavy atom. The van der Waals surface area contributed by atoms with Crippen molar-refractivity contribution in [3.05, 3.63) is 41.6 Å². The third-order valence-corrected chi connectivity index (χ3v) is 3.61. The highest BCUT2D eigenvalue weighted by Crippen LogP contribution is 2.02. The smallest absolute Gasteiger partial charge is 0.287 e. The highest BCUT2D eigenvalue weighted by Gasteiger charge is 2.07. The van der Waals surface area contributed by atoms with Crippen LogP contribution < -0.4 is 16.0 Å². The molecular weight excluding hydrogens is 320 g/mol. The zero-order chi connectivity index (χ0) is 18.1. The van der Waals surface area contributed by atoms with Gasteiger partial charge < -0.3 is 20.4 Å². The van der Waals surface area contributed by atoms with E-state index in [0.717, 1.165) is 25.2 Å². The van der Waals surface area contributed by atoms with Gasteiger partial charge in [-0.1, -0.05) is 0 Å². The van der Waals surface area contributed by atoms with Gasteiger partial charge >= 0.3 is 0 Å². The molecule has 2 heterocycles. The lowest BCUT2D eigenvalue weighted by molar-refractivity contribution is 0.0926. The van der Waals surface area contributed by atoms with Crippen molar-refractivity contribution in [1.29, 1.82) is 0 Å². The number of carbonyl (C=O) groups excluding carboxylic acids is 1. The van der Waals surface area contributed by atoms with Crippen molar-refractivity contribution in [2.24, 2.45) is 4.99 Å². The van der Waals surface area contributed by atoms with E-state index in [1.165, 1.54) is 12.0 Å². The molecule has 0 bridgehead atoms. The molecule has 0 saturated carbocycles. The lowest BCUT2D eigenvalue weighted by Gasteiger charge is -2.12.